The third-order valence-corrected chi connectivity index (χ3v) is 3.69. The normalized spacial score (nSPS) is 11.6. The highest BCUT2D eigenvalue weighted by molar-refractivity contribution is 6.39. The number of benzene rings is 1. The molecule has 0 aromatic heterocycles. The van der Waals surface area contributed by atoms with Gasteiger partial charge in [0.1, 0.15) is 0 Å². The van der Waals surface area contributed by atoms with E-state index in [1.54, 1.807) is 0 Å². The van der Waals surface area contributed by atoms with Gasteiger partial charge in [-0.3, -0.25) is 0 Å². The Hall–Kier alpha value is -0.563. The summed E-state index contributed by atoms with van der Waals surface area (Å²) in [4.78, 5) is 0. The zero-order valence-corrected chi connectivity index (χ0v) is 9.33. The Kier molecular flexibility index (Phi) is 3.10. The molecule has 1 aromatic carbocycles. The quantitative estimate of drug-likeness (QED) is 0.609. The smallest absolute Gasteiger partial charge is 0.0393 e. The van der Waals surface area contributed by atoms with Crippen LogP contribution in [0.1, 0.15) is 26.3 Å². The van der Waals surface area contributed by atoms with E-state index in [0.717, 1.165) is 0 Å². The largest absolute Gasteiger partial charge is 0.0631 e. The molecule has 1 heteroatoms. The van der Waals surface area contributed by atoms with Gasteiger partial charge in [0, 0.05) is 9.52 Å². The first kappa shape index (κ1) is 9.52. The molecule has 12 heavy (non-hydrogen) atoms. The van der Waals surface area contributed by atoms with Crippen LogP contribution in [0.25, 0.3) is 0 Å². The minimum atomic E-state index is 0.535. The van der Waals surface area contributed by atoms with Crippen molar-refractivity contribution in [2.24, 2.45) is 0 Å². The van der Waals surface area contributed by atoms with E-state index in [1.807, 2.05) is 0 Å². The predicted molar refractivity (Wildman–Crippen MR) is 57.0 cm³/mol. The van der Waals surface area contributed by atoms with E-state index >= 15 is 0 Å². The van der Waals surface area contributed by atoms with Gasteiger partial charge >= 0.3 is 0 Å². The lowest BCUT2D eigenvalue weighted by Gasteiger charge is -2.16. The molecule has 0 unspecified atom stereocenters. The monoisotopic (exact) mass is 177 g/mol. The molecule has 0 nitrogen and oxygen atoms in total. The summed E-state index contributed by atoms with van der Waals surface area (Å²) in [6.07, 6.45) is 0. The third-order valence-electron chi connectivity index (χ3n) is 1.79. The molecule has 0 aliphatic rings. The lowest BCUT2D eigenvalue weighted by Crippen LogP contribution is -2.11. The Morgan fingerprint density at radius 3 is 2.17 bits per heavy atom. The van der Waals surface area contributed by atoms with Gasteiger partial charge in [0.05, 0.1) is 0 Å². The Morgan fingerprint density at radius 2 is 1.67 bits per heavy atom. The van der Waals surface area contributed by atoms with Crippen LogP contribution in [0.4, 0.5) is 0 Å². The van der Waals surface area contributed by atoms with E-state index in [0.29, 0.717) is 14.6 Å². The van der Waals surface area contributed by atoms with E-state index in [2.05, 4.69) is 51.1 Å². The molecule has 1 aromatic rings. The van der Waals surface area contributed by atoms with Crippen LogP contribution in [0.3, 0.4) is 0 Å². The van der Waals surface area contributed by atoms with Gasteiger partial charge in [-0.05, 0) is 11.1 Å². The van der Waals surface area contributed by atoms with Crippen LogP contribution in [0, 0.1) is 0 Å². The number of rotatable bonds is 2. The summed E-state index contributed by atoms with van der Waals surface area (Å²) >= 11 is 0. The summed E-state index contributed by atoms with van der Waals surface area (Å²) in [5, 5.41) is 0.538. The van der Waals surface area contributed by atoms with Gasteiger partial charge in [-0.2, -0.15) is 0 Å². The van der Waals surface area contributed by atoms with E-state index in [-0.39, 0.29) is 0 Å². The van der Waals surface area contributed by atoms with Crippen molar-refractivity contribution in [3.8, 4) is 0 Å². The van der Waals surface area contributed by atoms with Crippen molar-refractivity contribution in [3.05, 3.63) is 35.9 Å². The Labute approximate surface area is 77.8 Å². The van der Waals surface area contributed by atoms with Gasteiger partial charge in [0.25, 0.3) is 0 Å². The molecule has 0 fully saturated rings. The highest BCUT2D eigenvalue weighted by atomic mass is 28.2. The Balaban J connectivity index is 2.44. The molecule has 65 valence electrons. The highest BCUT2D eigenvalue weighted by Gasteiger charge is 2.10. The van der Waals surface area contributed by atoms with Crippen molar-refractivity contribution in [2.75, 3.05) is 0 Å². The molecule has 0 aliphatic heterocycles. The zero-order valence-electron chi connectivity index (χ0n) is 8.17. The molecule has 0 atom stereocenters. The minimum Gasteiger partial charge on any atom is -0.0631 e. The van der Waals surface area contributed by atoms with Crippen LogP contribution in [0.2, 0.25) is 5.04 Å². The van der Waals surface area contributed by atoms with Crippen molar-refractivity contribution in [1.82, 2.24) is 0 Å². The van der Waals surface area contributed by atoms with Crippen LogP contribution in [-0.2, 0) is 6.04 Å². The van der Waals surface area contributed by atoms with E-state index in [4.69, 9.17) is 0 Å². The lowest BCUT2D eigenvalue weighted by molar-refractivity contribution is 0.749. The standard InChI is InChI=1S/C11H17Si/c1-11(2,3)12-9-10-7-5-4-6-8-10/h4-8,12H,9H2,1-3H3. The van der Waals surface area contributed by atoms with Gasteiger partial charge in [-0.1, -0.05) is 56.7 Å². The van der Waals surface area contributed by atoms with E-state index in [9.17, 15) is 0 Å². The summed E-state index contributed by atoms with van der Waals surface area (Å²) in [6.45, 7) is 6.97. The second kappa shape index (κ2) is 3.90. The first-order chi connectivity index (χ1) is 5.58. The molecule has 0 saturated carbocycles. The minimum absolute atomic E-state index is 0.535. The molecule has 0 heterocycles. The highest BCUT2D eigenvalue weighted by Crippen LogP contribution is 2.21. The van der Waals surface area contributed by atoms with Crippen LogP contribution in [0.15, 0.2) is 30.3 Å². The summed E-state index contributed by atoms with van der Waals surface area (Å²) in [5.74, 6) is 0. The van der Waals surface area contributed by atoms with Crippen LogP contribution >= 0.6 is 0 Å². The van der Waals surface area contributed by atoms with Crippen LogP contribution in [-0.4, -0.2) is 9.52 Å². The first-order valence-electron chi connectivity index (χ1n) is 4.46. The molecular formula is C11H17Si. The Morgan fingerprint density at radius 1 is 1.08 bits per heavy atom. The molecule has 0 aliphatic carbocycles. The summed E-state index contributed by atoms with van der Waals surface area (Å²) < 4.78 is 0. The molecular weight excluding hydrogens is 160 g/mol. The topological polar surface area (TPSA) is 0 Å². The molecule has 0 N–H and O–H groups in total. The number of hydrogen-bond donors (Lipinski definition) is 0. The molecule has 1 radical (unpaired) electrons. The fourth-order valence-electron chi connectivity index (χ4n) is 1.04. The SMILES string of the molecule is CC(C)(C)[SiH]Cc1ccccc1. The molecule has 0 bridgehead atoms. The molecule has 0 amide bonds. The van der Waals surface area contributed by atoms with Crippen LogP contribution < -0.4 is 0 Å². The second-order valence-electron chi connectivity index (χ2n) is 4.26. The third kappa shape index (κ3) is 3.72. The predicted octanol–water partition coefficient (Wildman–Crippen LogP) is 2.84. The summed E-state index contributed by atoms with van der Waals surface area (Å²) in [6, 6.07) is 12.0. The maximum atomic E-state index is 2.32. The van der Waals surface area contributed by atoms with Crippen molar-refractivity contribution in [2.45, 2.75) is 31.9 Å². The van der Waals surface area contributed by atoms with Crippen molar-refractivity contribution >= 4 is 9.52 Å². The fourth-order valence-corrected chi connectivity index (χ4v) is 2.16. The van der Waals surface area contributed by atoms with Gasteiger partial charge < -0.3 is 0 Å². The van der Waals surface area contributed by atoms with Crippen molar-refractivity contribution in [3.63, 3.8) is 0 Å². The van der Waals surface area contributed by atoms with E-state index < -0.39 is 0 Å². The average Bonchev–Trinajstić information content (AvgIpc) is 2.02. The van der Waals surface area contributed by atoms with Gasteiger partial charge in [-0.25, -0.2) is 0 Å². The average molecular weight is 177 g/mol. The lowest BCUT2D eigenvalue weighted by atomic mass is 10.2. The van der Waals surface area contributed by atoms with Gasteiger partial charge in [0.2, 0.25) is 0 Å². The van der Waals surface area contributed by atoms with Crippen molar-refractivity contribution < 1.29 is 0 Å². The zero-order chi connectivity index (χ0) is 9.03. The molecule has 0 saturated heterocycles. The first-order valence-corrected chi connectivity index (χ1v) is 5.86. The van der Waals surface area contributed by atoms with Crippen molar-refractivity contribution in [1.29, 1.82) is 0 Å². The second-order valence-corrected chi connectivity index (χ2v) is 6.81. The van der Waals surface area contributed by atoms with E-state index in [1.165, 1.54) is 11.6 Å². The maximum absolute atomic E-state index is 2.32. The Bertz CT molecular complexity index is 221. The molecule has 0 spiro atoms. The fraction of sp³-hybridized carbons (Fsp3) is 0.455. The van der Waals surface area contributed by atoms with Gasteiger partial charge in [-0.15, -0.1) is 0 Å². The maximum Gasteiger partial charge on any atom is 0.0393 e. The summed E-state index contributed by atoms with van der Waals surface area (Å²) in [7, 11) is 0.535. The van der Waals surface area contributed by atoms with Crippen LogP contribution in [0.5, 0.6) is 0 Å². The van der Waals surface area contributed by atoms with Gasteiger partial charge in [0.15, 0.2) is 0 Å². The molecule has 1 rings (SSSR count). The summed E-state index contributed by atoms with van der Waals surface area (Å²) in [5.41, 5.74) is 1.49. The number of hydrogen-bond acceptors (Lipinski definition) is 0.